The van der Waals surface area contributed by atoms with Gasteiger partial charge >= 0.3 is 12.1 Å². The summed E-state index contributed by atoms with van der Waals surface area (Å²) in [5.74, 6) is -0.156. The fraction of sp³-hybridized carbons (Fsp3) is 0.920. The summed E-state index contributed by atoms with van der Waals surface area (Å²) >= 11 is 0. The summed E-state index contributed by atoms with van der Waals surface area (Å²) in [5, 5.41) is 2.64. The van der Waals surface area contributed by atoms with Crippen LogP contribution in [-0.4, -0.2) is 31.3 Å². The zero-order chi connectivity index (χ0) is 22.6. The second kappa shape index (κ2) is 19.7. The van der Waals surface area contributed by atoms with E-state index in [2.05, 4.69) is 12.2 Å². The van der Waals surface area contributed by atoms with Crippen molar-refractivity contribution < 1.29 is 19.1 Å². The molecule has 0 unspecified atom stereocenters. The smallest absolute Gasteiger partial charge is 0.407 e. The Hall–Kier alpha value is -1.26. The van der Waals surface area contributed by atoms with Crippen molar-refractivity contribution in [2.45, 2.75) is 124 Å². The lowest BCUT2D eigenvalue weighted by molar-refractivity contribution is -0.147. The van der Waals surface area contributed by atoms with Crippen LogP contribution in [0.4, 0.5) is 4.79 Å². The highest BCUT2D eigenvalue weighted by Gasteiger charge is 2.26. The molecular weight excluding hydrogens is 378 g/mol. The maximum atomic E-state index is 12.3. The van der Waals surface area contributed by atoms with Crippen LogP contribution in [0.1, 0.15) is 118 Å². The number of amides is 1. The van der Waals surface area contributed by atoms with Gasteiger partial charge in [0.25, 0.3) is 0 Å². The first kappa shape index (κ1) is 28.7. The van der Waals surface area contributed by atoms with Crippen LogP contribution in [0.15, 0.2) is 0 Å². The van der Waals surface area contributed by atoms with Gasteiger partial charge in [0, 0.05) is 0 Å². The molecule has 1 amide bonds. The van der Waals surface area contributed by atoms with Crippen LogP contribution in [0, 0.1) is 11.8 Å². The molecule has 0 spiro atoms. The zero-order valence-electron chi connectivity index (χ0n) is 20.5. The molecule has 0 aliphatic heterocycles. The van der Waals surface area contributed by atoms with Crippen LogP contribution in [0.25, 0.3) is 0 Å². The van der Waals surface area contributed by atoms with Crippen LogP contribution in [0.2, 0.25) is 0 Å². The predicted molar refractivity (Wildman–Crippen MR) is 125 cm³/mol. The molecule has 178 valence electrons. The Labute approximate surface area is 186 Å². The number of rotatable bonds is 19. The van der Waals surface area contributed by atoms with Crippen LogP contribution in [0.3, 0.4) is 0 Å². The first-order valence-corrected chi connectivity index (χ1v) is 12.5. The molecule has 0 fully saturated rings. The number of ether oxygens (including phenoxy) is 2. The Bertz CT molecular complexity index is 423. The average Bonchev–Trinajstić information content (AvgIpc) is 2.70. The van der Waals surface area contributed by atoms with Gasteiger partial charge in [-0.2, -0.15) is 0 Å². The molecule has 0 aromatic carbocycles. The first-order chi connectivity index (χ1) is 14.4. The highest BCUT2D eigenvalue weighted by atomic mass is 16.6. The fourth-order valence-electron chi connectivity index (χ4n) is 3.29. The van der Waals surface area contributed by atoms with Crippen molar-refractivity contribution in [3.05, 3.63) is 0 Å². The van der Waals surface area contributed by atoms with Gasteiger partial charge in [0.2, 0.25) is 0 Å². The lowest BCUT2D eigenvalue weighted by Crippen LogP contribution is -2.45. The number of hydrogen-bond donors (Lipinski definition) is 1. The molecule has 0 aromatic rings. The molecule has 0 bridgehead atoms. The number of carbonyl (C=O) groups excluding carboxylic acids is 2. The topological polar surface area (TPSA) is 64.6 Å². The molecule has 0 rings (SSSR count). The number of nitrogens with one attached hydrogen (secondary N) is 1. The Morgan fingerprint density at radius 2 is 1.17 bits per heavy atom. The van der Waals surface area contributed by atoms with Gasteiger partial charge in [-0.1, -0.05) is 112 Å². The molecule has 0 aromatic heterocycles. The Morgan fingerprint density at radius 3 is 1.60 bits per heavy atom. The van der Waals surface area contributed by atoms with E-state index < -0.39 is 12.1 Å². The molecule has 5 heteroatoms. The minimum absolute atomic E-state index is 0.0456. The molecular formula is C25H49NO4. The van der Waals surface area contributed by atoms with E-state index >= 15 is 0 Å². The summed E-state index contributed by atoms with van der Waals surface area (Å²) in [4.78, 5) is 24.1. The summed E-state index contributed by atoms with van der Waals surface area (Å²) < 4.78 is 10.5. The summed E-state index contributed by atoms with van der Waals surface area (Å²) in [7, 11) is 0. The molecule has 0 saturated carbocycles. The lowest BCUT2D eigenvalue weighted by Gasteiger charge is -2.21. The van der Waals surface area contributed by atoms with E-state index in [1.165, 1.54) is 70.6 Å². The molecule has 0 radical (unpaired) electrons. The minimum Gasteiger partial charge on any atom is -0.464 e. The van der Waals surface area contributed by atoms with Crippen molar-refractivity contribution >= 4 is 12.1 Å². The highest BCUT2D eigenvalue weighted by molar-refractivity contribution is 5.81. The quantitative estimate of drug-likeness (QED) is 0.177. The third-order valence-corrected chi connectivity index (χ3v) is 5.23. The van der Waals surface area contributed by atoms with Gasteiger partial charge in [0.1, 0.15) is 6.04 Å². The highest BCUT2D eigenvalue weighted by Crippen LogP contribution is 2.13. The molecule has 30 heavy (non-hydrogen) atoms. The molecule has 0 aliphatic rings. The lowest BCUT2D eigenvalue weighted by atomic mass is 10.0. The van der Waals surface area contributed by atoms with E-state index in [0.29, 0.717) is 13.2 Å². The van der Waals surface area contributed by atoms with Crippen molar-refractivity contribution in [3.63, 3.8) is 0 Å². The second-order valence-corrected chi connectivity index (χ2v) is 9.27. The fourth-order valence-corrected chi connectivity index (χ4v) is 3.29. The average molecular weight is 428 g/mol. The van der Waals surface area contributed by atoms with E-state index in [-0.39, 0.29) is 17.8 Å². The number of unbranched alkanes of at least 4 members (excludes halogenated alkanes) is 12. The monoisotopic (exact) mass is 427 g/mol. The second-order valence-electron chi connectivity index (χ2n) is 9.27. The van der Waals surface area contributed by atoms with Gasteiger partial charge in [-0.25, -0.2) is 9.59 Å². The van der Waals surface area contributed by atoms with Crippen molar-refractivity contribution in [2.24, 2.45) is 11.8 Å². The standard InChI is InChI=1S/C25H49NO4/c1-6-7-8-9-10-11-12-13-14-15-16-17-18-19-29-24(27)23(22(4)5)26-25(28)30-20-21(2)3/h21-23H,6-20H2,1-5H3,(H,26,28)/t23-/m0/s1. The van der Waals surface area contributed by atoms with E-state index in [1.807, 2.05) is 27.7 Å². The number of alkyl carbamates (subject to hydrolysis) is 1. The third-order valence-electron chi connectivity index (χ3n) is 5.23. The Balaban J connectivity index is 3.68. The number of carbonyl (C=O) groups is 2. The van der Waals surface area contributed by atoms with Crippen LogP contribution in [0.5, 0.6) is 0 Å². The molecule has 0 heterocycles. The third kappa shape index (κ3) is 17.6. The van der Waals surface area contributed by atoms with E-state index in [0.717, 1.165) is 12.8 Å². The van der Waals surface area contributed by atoms with Gasteiger partial charge in [-0.05, 0) is 18.3 Å². The van der Waals surface area contributed by atoms with Crippen molar-refractivity contribution in [1.82, 2.24) is 5.32 Å². The number of hydrogen-bond acceptors (Lipinski definition) is 4. The number of esters is 1. The van der Waals surface area contributed by atoms with Crippen LogP contribution < -0.4 is 5.32 Å². The molecule has 0 saturated heterocycles. The van der Waals surface area contributed by atoms with Gasteiger partial charge in [0.15, 0.2) is 0 Å². The van der Waals surface area contributed by atoms with E-state index in [1.54, 1.807) is 0 Å². The van der Waals surface area contributed by atoms with Crippen molar-refractivity contribution in [2.75, 3.05) is 13.2 Å². The first-order valence-electron chi connectivity index (χ1n) is 12.5. The zero-order valence-corrected chi connectivity index (χ0v) is 20.5. The predicted octanol–water partition coefficient (Wildman–Crippen LogP) is 7.03. The van der Waals surface area contributed by atoms with Gasteiger partial charge in [0.05, 0.1) is 13.2 Å². The van der Waals surface area contributed by atoms with E-state index in [4.69, 9.17) is 9.47 Å². The van der Waals surface area contributed by atoms with Crippen LogP contribution in [-0.2, 0) is 14.3 Å². The Morgan fingerprint density at radius 1 is 0.700 bits per heavy atom. The summed E-state index contributed by atoms with van der Waals surface area (Å²) in [5.41, 5.74) is 0. The van der Waals surface area contributed by atoms with Crippen molar-refractivity contribution in [1.29, 1.82) is 0 Å². The maximum Gasteiger partial charge on any atom is 0.407 e. The largest absolute Gasteiger partial charge is 0.464 e. The molecule has 1 atom stereocenters. The van der Waals surface area contributed by atoms with Gasteiger partial charge < -0.3 is 14.8 Å². The Kier molecular flexibility index (Phi) is 18.9. The minimum atomic E-state index is -0.661. The molecule has 1 N–H and O–H groups in total. The van der Waals surface area contributed by atoms with Gasteiger partial charge in [-0.15, -0.1) is 0 Å². The summed E-state index contributed by atoms with van der Waals surface area (Å²) in [6, 6.07) is -0.661. The van der Waals surface area contributed by atoms with Crippen molar-refractivity contribution in [3.8, 4) is 0 Å². The summed E-state index contributed by atoms with van der Waals surface area (Å²) in [6.07, 6.45) is 16.2. The van der Waals surface area contributed by atoms with Gasteiger partial charge in [-0.3, -0.25) is 0 Å². The molecule has 0 aliphatic carbocycles. The van der Waals surface area contributed by atoms with Crippen LogP contribution >= 0.6 is 0 Å². The normalized spacial score (nSPS) is 12.2. The maximum absolute atomic E-state index is 12.3. The molecule has 5 nitrogen and oxygen atoms in total. The SMILES string of the molecule is CCCCCCCCCCCCCCCOC(=O)[C@@H](NC(=O)OCC(C)C)C(C)C. The van der Waals surface area contributed by atoms with E-state index in [9.17, 15) is 9.59 Å². The summed E-state index contributed by atoms with van der Waals surface area (Å²) in [6.45, 7) is 10.7.